The topological polar surface area (TPSA) is 109 Å². The Morgan fingerprint density at radius 2 is 2.06 bits per heavy atom. The molecule has 0 bridgehead atoms. The van der Waals surface area contributed by atoms with Gasteiger partial charge in [-0.2, -0.15) is 0 Å². The monoisotopic (exact) mass is 264 g/mol. The first-order valence-corrected chi connectivity index (χ1v) is 7.37. The van der Waals surface area contributed by atoms with Crippen molar-refractivity contribution in [1.29, 1.82) is 0 Å². The number of aliphatic carboxylic acids is 1. The van der Waals surface area contributed by atoms with Crippen molar-refractivity contribution in [2.75, 3.05) is 6.54 Å². The Kier molecular flexibility index (Phi) is 4.91. The van der Waals surface area contributed by atoms with E-state index in [1.807, 2.05) is 0 Å². The van der Waals surface area contributed by atoms with Crippen LogP contribution in [0.15, 0.2) is 0 Å². The van der Waals surface area contributed by atoms with Crippen molar-refractivity contribution in [3.05, 3.63) is 0 Å². The smallest absolute Gasteiger partial charge is 0.323 e. The fraction of sp³-hybridized carbons (Fsp3) is 0.900. The van der Waals surface area contributed by atoms with Crippen molar-refractivity contribution in [3.63, 3.8) is 0 Å². The third-order valence-corrected chi connectivity index (χ3v) is 5.10. The number of nitrogens with one attached hydrogen (secondary N) is 1. The van der Waals surface area contributed by atoms with E-state index in [2.05, 4.69) is 4.72 Å². The third kappa shape index (κ3) is 3.65. The van der Waals surface area contributed by atoms with Gasteiger partial charge >= 0.3 is 5.97 Å². The van der Waals surface area contributed by atoms with E-state index in [0.29, 0.717) is 6.54 Å². The molecule has 0 amide bonds. The highest BCUT2D eigenvalue weighted by atomic mass is 32.2. The minimum Gasteiger partial charge on any atom is -0.480 e. The Morgan fingerprint density at radius 3 is 2.59 bits per heavy atom. The maximum absolute atomic E-state index is 11.8. The molecule has 0 heterocycles. The highest BCUT2D eigenvalue weighted by Gasteiger charge is 2.33. The molecule has 0 spiro atoms. The number of carboxylic acids is 1. The summed E-state index contributed by atoms with van der Waals surface area (Å²) in [6, 6.07) is -0.222. The first-order valence-electron chi connectivity index (χ1n) is 5.82. The number of carbonyl (C=O) groups is 1. The van der Waals surface area contributed by atoms with Crippen molar-refractivity contribution in [2.45, 2.75) is 43.9 Å². The molecular formula is C10H20N2O4S. The largest absolute Gasteiger partial charge is 0.480 e. The second-order valence-corrected chi connectivity index (χ2v) is 6.56. The molecule has 0 aromatic rings. The molecule has 17 heavy (non-hydrogen) atoms. The van der Waals surface area contributed by atoms with Gasteiger partial charge in [-0.1, -0.05) is 12.8 Å². The summed E-state index contributed by atoms with van der Waals surface area (Å²) in [5.41, 5.74) is 5.60. The van der Waals surface area contributed by atoms with Crippen molar-refractivity contribution >= 4 is 16.0 Å². The summed E-state index contributed by atoms with van der Waals surface area (Å²) in [4.78, 5) is 10.7. The first kappa shape index (κ1) is 14.4. The van der Waals surface area contributed by atoms with Crippen LogP contribution in [0.5, 0.6) is 0 Å². The van der Waals surface area contributed by atoms with Gasteiger partial charge < -0.3 is 10.8 Å². The number of hydrogen-bond acceptors (Lipinski definition) is 4. The molecule has 1 aliphatic carbocycles. The molecule has 3 atom stereocenters. The van der Waals surface area contributed by atoms with Gasteiger partial charge in [0.1, 0.15) is 0 Å². The number of carboxylic acid groups (broad SMARTS) is 1. The van der Waals surface area contributed by atoms with E-state index in [4.69, 9.17) is 10.8 Å². The minimum absolute atomic E-state index is 0.111. The number of nitrogens with two attached hydrogens (primary N) is 1. The normalized spacial score (nSPS) is 27.6. The molecule has 1 saturated carbocycles. The summed E-state index contributed by atoms with van der Waals surface area (Å²) in [6.45, 7) is 1.60. The lowest BCUT2D eigenvalue weighted by molar-refractivity contribution is -0.136. The lowest BCUT2D eigenvalue weighted by atomic mass is 9.85. The van der Waals surface area contributed by atoms with E-state index in [9.17, 15) is 13.2 Å². The van der Waals surface area contributed by atoms with E-state index >= 15 is 0 Å². The zero-order chi connectivity index (χ0) is 13.1. The average Bonchev–Trinajstić information content (AvgIpc) is 2.28. The molecule has 3 unspecified atom stereocenters. The highest BCUT2D eigenvalue weighted by molar-refractivity contribution is 7.90. The van der Waals surface area contributed by atoms with Crippen LogP contribution >= 0.6 is 0 Å². The molecule has 0 radical (unpaired) electrons. The van der Waals surface area contributed by atoms with Crippen LogP contribution in [0.1, 0.15) is 32.6 Å². The van der Waals surface area contributed by atoms with Gasteiger partial charge in [0.15, 0.2) is 5.25 Å². The molecule has 0 aliphatic heterocycles. The molecule has 6 nitrogen and oxygen atoms in total. The van der Waals surface area contributed by atoms with Crippen LogP contribution in [-0.2, 0) is 14.8 Å². The lowest BCUT2D eigenvalue weighted by Gasteiger charge is -2.31. The average molecular weight is 264 g/mol. The van der Waals surface area contributed by atoms with Gasteiger partial charge in [0.2, 0.25) is 10.0 Å². The summed E-state index contributed by atoms with van der Waals surface area (Å²) in [5.74, 6) is -1.22. The summed E-state index contributed by atoms with van der Waals surface area (Å²) in [5, 5.41) is 7.30. The lowest BCUT2D eigenvalue weighted by Crippen LogP contribution is -2.48. The number of rotatable bonds is 5. The van der Waals surface area contributed by atoms with Crippen LogP contribution in [0.3, 0.4) is 0 Å². The van der Waals surface area contributed by atoms with Crippen LogP contribution in [-0.4, -0.2) is 37.3 Å². The van der Waals surface area contributed by atoms with Gasteiger partial charge in [0, 0.05) is 6.04 Å². The van der Waals surface area contributed by atoms with E-state index < -0.39 is 21.2 Å². The maximum atomic E-state index is 11.8. The fourth-order valence-corrected chi connectivity index (χ4v) is 3.29. The zero-order valence-corrected chi connectivity index (χ0v) is 10.7. The maximum Gasteiger partial charge on any atom is 0.323 e. The van der Waals surface area contributed by atoms with Crippen molar-refractivity contribution in [2.24, 2.45) is 11.7 Å². The Labute approximate surface area is 102 Å². The SMILES string of the molecule is CC(C(=O)O)S(=O)(=O)NC1CCCCC1CN. The van der Waals surface area contributed by atoms with Crippen LogP contribution in [0, 0.1) is 5.92 Å². The van der Waals surface area contributed by atoms with E-state index in [1.54, 1.807) is 0 Å². The highest BCUT2D eigenvalue weighted by Crippen LogP contribution is 2.24. The van der Waals surface area contributed by atoms with Gasteiger partial charge in [-0.25, -0.2) is 13.1 Å². The molecule has 4 N–H and O–H groups in total. The van der Waals surface area contributed by atoms with Gasteiger partial charge in [-0.3, -0.25) is 4.79 Å². The molecule has 1 fully saturated rings. The summed E-state index contributed by atoms with van der Waals surface area (Å²) < 4.78 is 26.0. The summed E-state index contributed by atoms with van der Waals surface area (Å²) in [6.07, 6.45) is 3.62. The van der Waals surface area contributed by atoms with Gasteiger partial charge in [-0.05, 0) is 32.2 Å². The predicted molar refractivity (Wildman–Crippen MR) is 64.0 cm³/mol. The van der Waals surface area contributed by atoms with Crippen LogP contribution in [0.2, 0.25) is 0 Å². The van der Waals surface area contributed by atoms with Crippen LogP contribution in [0.25, 0.3) is 0 Å². The second kappa shape index (κ2) is 5.79. The Hall–Kier alpha value is -0.660. The molecule has 100 valence electrons. The Balaban J connectivity index is 2.72. The molecule has 0 saturated heterocycles. The van der Waals surface area contributed by atoms with E-state index in [1.165, 1.54) is 6.92 Å². The quantitative estimate of drug-likeness (QED) is 0.642. The van der Waals surface area contributed by atoms with Crippen molar-refractivity contribution < 1.29 is 18.3 Å². The third-order valence-electron chi connectivity index (χ3n) is 3.34. The molecule has 7 heteroatoms. The van der Waals surface area contributed by atoms with Crippen LogP contribution < -0.4 is 10.5 Å². The molecule has 1 rings (SSSR count). The standard InChI is InChI=1S/C10H20N2O4S/c1-7(10(13)14)17(15,16)12-9-5-3-2-4-8(9)6-11/h7-9,12H,2-6,11H2,1H3,(H,13,14). The van der Waals surface area contributed by atoms with E-state index in [-0.39, 0.29) is 12.0 Å². The number of sulfonamides is 1. The van der Waals surface area contributed by atoms with Crippen molar-refractivity contribution in [1.82, 2.24) is 4.72 Å². The molecule has 0 aromatic heterocycles. The Morgan fingerprint density at radius 1 is 1.47 bits per heavy atom. The molecule has 1 aliphatic rings. The molecule has 0 aromatic carbocycles. The first-order chi connectivity index (χ1) is 7.88. The second-order valence-electron chi connectivity index (χ2n) is 4.53. The summed E-state index contributed by atoms with van der Waals surface area (Å²) in [7, 11) is -3.81. The zero-order valence-electron chi connectivity index (χ0n) is 9.93. The summed E-state index contributed by atoms with van der Waals surface area (Å²) >= 11 is 0. The fourth-order valence-electron chi connectivity index (χ4n) is 2.09. The predicted octanol–water partition coefficient (Wildman–Crippen LogP) is -0.104. The van der Waals surface area contributed by atoms with Gasteiger partial charge in [0.25, 0.3) is 0 Å². The van der Waals surface area contributed by atoms with Crippen molar-refractivity contribution in [3.8, 4) is 0 Å². The minimum atomic E-state index is -3.81. The Bertz CT molecular complexity index is 369. The van der Waals surface area contributed by atoms with Crippen LogP contribution in [0.4, 0.5) is 0 Å². The van der Waals surface area contributed by atoms with E-state index in [0.717, 1.165) is 25.7 Å². The van der Waals surface area contributed by atoms with Gasteiger partial charge in [-0.15, -0.1) is 0 Å². The molecular weight excluding hydrogens is 244 g/mol. The number of hydrogen-bond donors (Lipinski definition) is 3. The van der Waals surface area contributed by atoms with Gasteiger partial charge in [0.05, 0.1) is 0 Å².